The third-order valence-electron chi connectivity index (χ3n) is 7.54. The van der Waals surface area contributed by atoms with Gasteiger partial charge in [-0.3, -0.25) is 9.80 Å². The lowest BCUT2D eigenvalue weighted by Gasteiger charge is -2.40. The molecule has 0 radical (unpaired) electrons. The molecule has 36 heavy (non-hydrogen) atoms. The van der Waals surface area contributed by atoms with Crippen LogP contribution in [0.25, 0.3) is 21.8 Å². The van der Waals surface area contributed by atoms with E-state index in [2.05, 4.69) is 124 Å². The molecule has 1 aliphatic rings. The van der Waals surface area contributed by atoms with Crippen LogP contribution in [0.2, 0.25) is 0 Å². The first-order chi connectivity index (χ1) is 17.8. The van der Waals surface area contributed by atoms with Gasteiger partial charge in [-0.15, -0.1) is 0 Å². The van der Waals surface area contributed by atoms with Crippen LogP contribution in [0.3, 0.4) is 0 Å². The molecule has 4 heteroatoms. The molecule has 1 aliphatic heterocycles. The zero-order valence-electron chi connectivity index (χ0n) is 20.6. The number of rotatable bonds is 7. The standard InChI is InChI=1S/C32H33N3O/c36-27(24-35-30-17-9-7-15-28(30)29-16-8-10-18-31(29)35)23-33-19-21-34(22-20-33)32(25-11-3-1-4-12-25)26-13-5-2-6-14-26/h1-18,27,32,36H,19-24H2. The monoisotopic (exact) mass is 475 g/mol. The number of fused-ring (bicyclic) bond motifs is 3. The minimum Gasteiger partial charge on any atom is -0.390 e. The summed E-state index contributed by atoms with van der Waals surface area (Å²) in [6.07, 6.45) is -0.421. The molecule has 5 aromatic rings. The molecule has 2 heterocycles. The van der Waals surface area contributed by atoms with Crippen LogP contribution in [0.15, 0.2) is 109 Å². The molecule has 4 nitrogen and oxygen atoms in total. The molecule has 6 rings (SSSR count). The van der Waals surface area contributed by atoms with E-state index in [1.165, 1.54) is 32.9 Å². The van der Waals surface area contributed by atoms with Crippen LogP contribution in [0.4, 0.5) is 0 Å². The maximum Gasteiger partial charge on any atom is 0.0845 e. The van der Waals surface area contributed by atoms with Crippen LogP contribution in [-0.2, 0) is 6.54 Å². The smallest absolute Gasteiger partial charge is 0.0845 e. The van der Waals surface area contributed by atoms with E-state index in [0.717, 1.165) is 26.2 Å². The van der Waals surface area contributed by atoms with Crippen molar-refractivity contribution in [3.05, 3.63) is 120 Å². The number of hydrogen-bond acceptors (Lipinski definition) is 3. The Morgan fingerprint density at radius 2 is 1.03 bits per heavy atom. The highest BCUT2D eigenvalue weighted by molar-refractivity contribution is 6.07. The lowest BCUT2D eigenvalue weighted by atomic mass is 9.96. The molecule has 1 atom stereocenters. The van der Waals surface area contributed by atoms with E-state index in [9.17, 15) is 5.11 Å². The number of aromatic nitrogens is 1. The number of β-amino-alcohol motifs (C(OH)–C–C–N with tert-alkyl or cyclic N) is 1. The maximum atomic E-state index is 11.1. The number of aliphatic hydroxyl groups excluding tert-OH is 1. The largest absolute Gasteiger partial charge is 0.390 e. The summed E-state index contributed by atoms with van der Waals surface area (Å²) in [6, 6.07) is 38.9. The van der Waals surface area contributed by atoms with Gasteiger partial charge in [-0.1, -0.05) is 97.1 Å². The van der Waals surface area contributed by atoms with Crippen molar-refractivity contribution in [3.8, 4) is 0 Å². The number of para-hydroxylation sites is 2. The molecule has 0 aliphatic carbocycles. The van der Waals surface area contributed by atoms with Gasteiger partial charge in [0, 0.05) is 54.5 Å². The molecule has 1 unspecified atom stereocenters. The number of aliphatic hydroxyl groups is 1. The molecule has 1 aromatic heterocycles. The molecule has 1 fully saturated rings. The highest BCUT2D eigenvalue weighted by atomic mass is 16.3. The number of nitrogens with zero attached hydrogens (tertiary/aromatic N) is 3. The molecule has 0 bridgehead atoms. The summed E-state index contributed by atoms with van der Waals surface area (Å²) in [5, 5.41) is 13.7. The summed E-state index contributed by atoms with van der Waals surface area (Å²) >= 11 is 0. The number of benzene rings is 4. The normalized spacial score (nSPS) is 16.2. The van der Waals surface area contributed by atoms with Crippen molar-refractivity contribution in [2.45, 2.75) is 18.7 Å². The predicted octanol–water partition coefficient (Wildman–Crippen LogP) is 5.56. The van der Waals surface area contributed by atoms with E-state index in [-0.39, 0.29) is 6.04 Å². The van der Waals surface area contributed by atoms with Gasteiger partial charge in [0.05, 0.1) is 18.7 Å². The first-order valence-corrected chi connectivity index (χ1v) is 13.0. The third kappa shape index (κ3) is 4.56. The molecule has 182 valence electrons. The first-order valence-electron chi connectivity index (χ1n) is 13.0. The van der Waals surface area contributed by atoms with E-state index < -0.39 is 6.10 Å². The quantitative estimate of drug-likeness (QED) is 0.334. The second-order valence-electron chi connectivity index (χ2n) is 9.86. The lowest BCUT2D eigenvalue weighted by molar-refractivity contribution is 0.0565. The average Bonchev–Trinajstić information content (AvgIpc) is 3.25. The summed E-state index contributed by atoms with van der Waals surface area (Å²) in [6.45, 7) is 5.18. The zero-order chi connectivity index (χ0) is 24.3. The van der Waals surface area contributed by atoms with E-state index in [0.29, 0.717) is 13.1 Å². The van der Waals surface area contributed by atoms with Crippen molar-refractivity contribution in [2.75, 3.05) is 32.7 Å². The van der Waals surface area contributed by atoms with Gasteiger partial charge >= 0.3 is 0 Å². The third-order valence-corrected chi connectivity index (χ3v) is 7.54. The minimum absolute atomic E-state index is 0.261. The predicted molar refractivity (Wildman–Crippen MR) is 148 cm³/mol. The molecular weight excluding hydrogens is 442 g/mol. The molecule has 4 aromatic carbocycles. The molecule has 0 saturated carbocycles. The van der Waals surface area contributed by atoms with E-state index >= 15 is 0 Å². The van der Waals surface area contributed by atoms with Gasteiger partial charge in [0.2, 0.25) is 0 Å². The molecule has 0 spiro atoms. The van der Waals surface area contributed by atoms with Crippen LogP contribution in [0.1, 0.15) is 17.2 Å². The van der Waals surface area contributed by atoms with Gasteiger partial charge in [0.25, 0.3) is 0 Å². The summed E-state index contributed by atoms with van der Waals surface area (Å²) in [5.41, 5.74) is 5.05. The fourth-order valence-corrected chi connectivity index (χ4v) is 5.86. The van der Waals surface area contributed by atoms with Crippen molar-refractivity contribution in [1.82, 2.24) is 14.4 Å². The average molecular weight is 476 g/mol. The topological polar surface area (TPSA) is 31.6 Å². The number of piperazine rings is 1. The zero-order valence-corrected chi connectivity index (χ0v) is 20.6. The van der Waals surface area contributed by atoms with Gasteiger partial charge < -0.3 is 9.67 Å². The van der Waals surface area contributed by atoms with Crippen molar-refractivity contribution >= 4 is 21.8 Å². The van der Waals surface area contributed by atoms with Gasteiger partial charge in [-0.2, -0.15) is 0 Å². The lowest BCUT2D eigenvalue weighted by Crippen LogP contribution is -2.50. The fraction of sp³-hybridized carbons (Fsp3) is 0.250. The van der Waals surface area contributed by atoms with E-state index in [1.54, 1.807) is 0 Å². The second-order valence-corrected chi connectivity index (χ2v) is 9.86. The van der Waals surface area contributed by atoms with Crippen molar-refractivity contribution in [1.29, 1.82) is 0 Å². The minimum atomic E-state index is -0.421. The van der Waals surface area contributed by atoms with Gasteiger partial charge in [0.1, 0.15) is 0 Å². The van der Waals surface area contributed by atoms with Crippen LogP contribution in [0.5, 0.6) is 0 Å². The Morgan fingerprint density at radius 3 is 1.56 bits per heavy atom. The molecule has 0 amide bonds. The first kappa shape index (κ1) is 23.0. The van der Waals surface area contributed by atoms with Crippen LogP contribution < -0.4 is 0 Å². The Hall–Kier alpha value is -3.44. The van der Waals surface area contributed by atoms with Gasteiger partial charge in [0.15, 0.2) is 0 Å². The summed E-state index contributed by atoms with van der Waals surface area (Å²) < 4.78 is 2.28. The van der Waals surface area contributed by atoms with Gasteiger partial charge in [-0.05, 0) is 23.3 Å². The summed E-state index contributed by atoms with van der Waals surface area (Å²) in [4.78, 5) is 5.00. The Morgan fingerprint density at radius 1 is 0.556 bits per heavy atom. The summed E-state index contributed by atoms with van der Waals surface area (Å²) in [7, 11) is 0. The molecule has 1 N–H and O–H groups in total. The SMILES string of the molecule is OC(CN1CCN(C(c2ccccc2)c2ccccc2)CC1)Cn1c2ccccc2c2ccccc21. The van der Waals surface area contributed by atoms with Crippen molar-refractivity contribution < 1.29 is 5.11 Å². The maximum absolute atomic E-state index is 11.1. The Balaban J connectivity index is 1.14. The second kappa shape index (κ2) is 10.3. The van der Waals surface area contributed by atoms with Crippen molar-refractivity contribution in [3.63, 3.8) is 0 Å². The van der Waals surface area contributed by atoms with Crippen molar-refractivity contribution in [2.24, 2.45) is 0 Å². The van der Waals surface area contributed by atoms with Crippen LogP contribution in [-0.4, -0.2) is 58.3 Å². The van der Waals surface area contributed by atoms with Crippen LogP contribution in [0, 0.1) is 0 Å². The Kier molecular flexibility index (Phi) is 6.56. The van der Waals surface area contributed by atoms with E-state index in [4.69, 9.17) is 0 Å². The van der Waals surface area contributed by atoms with E-state index in [1.807, 2.05) is 0 Å². The van der Waals surface area contributed by atoms with Crippen LogP contribution >= 0.6 is 0 Å². The Bertz CT molecular complexity index is 1330. The highest BCUT2D eigenvalue weighted by Crippen LogP contribution is 2.30. The van der Waals surface area contributed by atoms with Gasteiger partial charge in [-0.25, -0.2) is 0 Å². The molecule has 1 saturated heterocycles. The summed E-state index contributed by atoms with van der Waals surface area (Å²) in [5.74, 6) is 0. The molecular formula is C32H33N3O. The fourth-order valence-electron chi connectivity index (χ4n) is 5.86. The highest BCUT2D eigenvalue weighted by Gasteiger charge is 2.27. The Labute approximate surface area is 213 Å². The number of hydrogen-bond donors (Lipinski definition) is 1.